The molecule has 58 valence electrons. The predicted octanol–water partition coefficient (Wildman–Crippen LogP) is 0.0881. The van der Waals surface area contributed by atoms with Crippen LogP contribution >= 0.6 is 17.0 Å². The van der Waals surface area contributed by atoms with Crippen molar-refractivity contribution in [1.82, 2.24) is 9.80 Å². The van der Waals surface area contributed by atoms with Gasteiger partial charge in [-0.3, -0.25) is 9.69 Å². The van der Waals surface area contributed by atoms with Crippen LogP contribution in [0.1, 0.15) is 0 Å². The van der Waals surface area contributed by atoms with Crippen LogP contribution < -0.4 is 0 Å². The molecule has 0 radical (unpaired) electrons. The van der Waals surface area contributed by atoms with Gasteiger partial charge in [-0.05, 0) is 0 Å². The zero-order valence-electron chi connectivity index (χ0n) is 5.83. The molecule has 0 N–H and O–H groups in total. The summed E-state index contributed by atoms with van der Waals surface area (Å²) in [5.74, 6) is -0.137. The molecule has 1 heterocycles. The van der Waals surface area contributed by atoms with Crippen molar-refractivity contribution in [3.05, 3.63) is 0 Å². The topological polar surface area (TPSA) is 40.6 Å². The number of rotatable bonds is 0. The van der Waals surface area contributed by atoms with Crippen molar-refractivity contribution in [1.29, 1.82) is 0 Å². The molecule has 1 aliphatic rings. The summed E-state index contributed by atoms with van der Waals surface area (Å²) in [6.07, 6.45) is 0. The van der Waals surface area contributed by atoms with Gasteiger partial charge < -0.3 is 4.90 Å². The number of imide groups is 1. The van der Waals surface area contributed by atoms with Gasteiger partial charge in [-0.25, -0.2) is 4.79 Å². The molecule has 3 amide bonds. The lowest BCUT2D eigenvalue weighted by Gasteiger charge is -2.05. The Kier molecular flexibility index (Phi) is 2.83. The smallest absolute Gasteiger partial charge is 0.318 e. The maximum atomic E-state index is 10.7. The van der Waals surface area contributed by atoms with Gasteiger partial charge in [0.2, 0.25) is 5.91 Å². The maximum absolute atomic E-state index is 10.7. The minimum Gasteiger partial charge on any atom is -0.318 e. The summed E-state index contributed by atoms with van der Waals surface area (Å²) >= 11 is 0. The Morgan fingerprint density at radius 1 is 1.30 bits per heavy atom. The number of carbonyl (C=O) groups excluding carboxylic acids is 2. The highest BCUT2D eigenvalue weighted by molar-refractivity contribution is 8.93. The molecule has 1 fully saturated rings. The number of halogens is 1. The molecule has 1 aliphatic heterocycles. The average molecular weight is 209 g/mol. The van der Waals surface area contributed by atoms with Crippen LogP contribution in [0.3, 0.4) is 0 Å². The van der Waals surface area contributed by atoms with Gasteiger partial charge in [0.25, 0.3) is 0 Å². The van der Waals surface area contributed by atoms with Crippen LogP contribution in [0.15, 0.2) is 0 Å². The summed E-state index contributed by atoms with van der Waals surface area (Å²) in [6.45, 7) is 0.218. The lowest BCUT2D eigenvalue weighted by Crippen LogP contribution is -2.27. The zero-order valence-corrected chi connectivity index (χ0v) is 7.54. The molecule has 1 saturated heterocycles. The van der Waals surface area contributed by atoms with Crippen molar-refractivity contribution >= 4 is 28.9 Å². The van der Waals surface area contributed by atoms with Crippen molar-refractivity contribution in [2.45, 2.75) is 0 Å². The Bertz CT molecular complexity index is 171. The third kappa shape index (κ3) is 1.29. The third-order valence-corrected chi connectivity index (χ3v) is 1.36. The molecule has 0 bridgehead atoms. The molecule has 0 aromatic rings. The van der Waals surface area contributed by atoms with Crippen molar-refractivity contribution in [3.63, 3.8) is 0 Å². The largest absolute Gasteiger partial charge is 0.326 e. The summed E-state index contributed by atoms with van der Waals surface area (Å²) in [4.78, 5) is 23.9. The quantitative estimate of drug-likeness (QED) is 0.530. The molecule has 0 aromatic heterocycles. The van der Waals surface area contributed by atoms with Crippen molar-refractivity contribution in [2.24, 2.45) is 0 Å². The number of nitrogens with zero attached hydrogens (tertiary/aromatic N) is 2. The highest BCUT2D eigenvalue weighted by atomic mass is 79.9. The van der Waals surface area contributed by atoms with Crippen LogP contribution in [0.5, 0.6) is 0 Å². The molecular weight excluding hydrogens is 200 g/mol. The molecule has 0 unspecified atom stereocenters. The highest BCUT2D eigenvalue weighted by Crippen LogP contribution is 2.02. The van der Waals surface area contributed by atoms with Crippen LogP contribution in [0.2, 0.25) is 0 Å². The average Bonchev–Trinajstić information content (AvgIpc) is 1.98. The van der Waals surface area contributed by atoms with E-state index in [1.54, 1.807) is 7.05 Å². The normalized spacial score (nSPS) is 17.8. The first-order chi connectivity index (χ1) is 4.13. The van der Waals surface area contributed by atoms with Crippen LogP contribution in [0.25, 0.3) is 0 Å². The van der Waals surface area contributed by atoms with Gasteiger partial charge in [0.1, 0.15) is 6.54 Å². The van der Waals surface area contributed by atoms with Gasteiger partial charge in [0, 0.05) is 14.1 Å². The number of carbonyl (C=O) groups is 2. The van der Waals surface area contributed by atoms with Crippen molar-refractivity contribution in [3.8, 4) is 0 Å². The number of amides is 3. The van der Waals surface area contributed by atoms with E-state index in [9.17, 15) is 9.59 Å². The van der Waals surface area contributed by atoms with Crippen molar-refractivity contribution in [2.75, 3.05) is 20.6 Å². The van der Waals surface area contributed by atoms with E-state index in [1.165, 1.54) is 11.9 Å². The molecule has 5 heteroatoms. The summed E-state index contributed by atoms with van der Waals surface area (Å²) < 4.78 is 0. The molecule has 0 atom stereocenters. The van der Waals surface area contributed by atoms with E-state index in [4.69, 9.17) is 0 Å². The molecule has 4 nitrogen and oxygen atoms in total. The molecule has 1 rings (SSSR count). The maximum Gasteiger partial charge on any atom is 0.326 e. The Morgan fingerprint density at radius 3 is 1.90 bits per heavy atom. The van der Waals surface area contributed by atoms with Gasteiger partial charge in [0.15, 0.2) is 0 Å². The molecule has 0 aromatic carbocycles. The second-order valence-electron chi connectivity index (χ2n) is 2.09. The second kappa shape index (κ2) is 3.01. The van der Waals surface area contributed by atoms with Gasteiger partial charge in [-0.15, -0.1) is 17.0 Å². The van der Waals surface area contributed by atoms with E-state index in [-0.39, 0.29) is 35.5 Å². The van der Waals surface area contributed by atoms with E-state index in [1.807, 2.05) is 0 Å². The molecule has 0 spiro atoms. The van der Waals surface area contributed by atoms with Gasteiger partial charge >= 0.3 is 6.03 Å². The Hall–Kier alpha value is -0.580. The minimum atomic E-state index is -0.222. The monoisotopic (exact) mass is 208 g/mol. The first-order valence-electron chi connectivity index (χ1n) is 2.64. The zero-order chi connectivity index (χ0) is 7.02. The first kappa shape index (κ1) is 9.42. The summed E-state index contributed by atoms with van der Waals surface area (Å²) in [5, 5.41) is 0. The SMILES string of the molecule is Br.CN1CC(=O)N(C)C1=O. The fourth-order valence-corrected chi connectivity index (χ4v) is 0.739. The lowest BCUT2D eigenvalue weighted by atomic mass is 10.6. The number of likely N-dealkylation sites (N-methyl/N-ethyl adjacent to an activating group) is 2. The Morgan fingerprint density at radius 2 is 1.80 bits per heavy atom. The standard InChI is InChI=1S/C5H8N2O2.BrH/c1-6-3-4(8)7(2)5(6)9;/h3H2,1-2H3;1H. The first-order valence-corrected chi connectivity index (χ1v) is 2.64. The van der Waals surface area contributed by atoms with Gasteiger partial charge in [0.05, 0.1) is 0 Å². The van der Waals surface area contributed by atoms with Crippen LogP contribution in [0.4, 0.5) is 4.79 Å². The van der Waals surface area contributed by atoms with Crippen LogP contribution in [-0.2, 0) is 4.79 Å². The van der Waals surface area contributed by atoms with E-state index in [0.717, 1.165) is 4.90 Å². The summed E-state index contributed by atoms with van der Waals surface area (Å²) in [5.41, 5.74) is 0. The Balaban J connectivity index is 0.000000810. The van der Waals surface area contributed by atoms with Crippen LogP contribution in [0, 0.1) is 0 Å². The van der Waals surface area contributed by atoms with Gasteiger partial charge in [-0.1, -0.05) is 0 Å². The second-order valence-corrected chi connectivity index (χ2v) is 2.09. The summed E-state index contributed by atoms with van der Waals surface area (Å²) in [6, 6.07) is -0.222. The van der Waals surface area contributed by atoms with Gasteiger partial charge in [-0.2, -0.15) is 0 Å². The fraction of sp³-hybridized carbons (Fsp3) is 0.600. The minimum absolute atomic E-state index is 0. The summed E-state index contributed by atoms with van der Waals surface area (Å²) in [7, 11) is 3.08. The number of urea groups is 1. The van der Waals surface area contributed by atoms with Crippen molar-refractivity contribution < 1.29 is 9.59 Å². The lowest BCUT2D eigenvalue weighted by molar-refractivity contribution is -0.124. The van der Waals surface area contributed by atoms with Crippen LogP contribution in [-0.4, -0.2) is 42.4 Å². The fourth-order valence-electron chi connectivity index (χ4n) is 0.739. The molecule has 0 saturated carbocycles. The predicted molar refractivity (Wildman–Crippen MR) is 41.1 cm³/mol. The van der Waals surface area contributed by atoms with E-state index in [0.29, 0.717) is 0 Å². The highest BCUT2D eigenvalue weighted by Gasteiger charge is 2.29. The Labute approximate surface area is 69.5 Å². The van der Waals surface area contributed by atoms with E-state index < -0.39 is 0 Å². The number of hydrogen-bond donors (Lipinski definition) is 0. The molecular formula is C5H9BrN2O2. The van der Waals surface area contributed by atoms with E-state index >= 15 is 0 Å². The third-order valence-electron chi connectivity index (χ3n) is 1.36. The molecule has 10 heavy (non-hydrogen) atoms. The number of hydrogen-bond acceptors (Lipinski definition) is 2. The molecule has 0 aliphatic carbocycles. The van der Waals surface area contributed by atoms with E-state index in [2.05, 4.69) is 0 Å².